The standard InChI is InChI=1S/C22H21ClN4O3/c23-16-9-7-14(8-10-16)21-26-20(30-27-21)6-2-5-19(28)24-18-4-1-3-15(13-18)22(29)25-17-11-12-17/h1,3-4,7-10,13,17H,2,5-6,11-12H2,(H,24,28)(H,25,29). The highest BCUT2D eigenvalue weighted by Gasteiger charge is 2.23. The summed E-state index contributed by atoms with van der Waals surface area (Å²) in [5.41, 5.74) is 1.96. The van der Waals surface area contributed by atoms with Gasteiger partial charge in [-0.2, -0.15) is 4.98 Å². The van der Waals surface area contributed by atoms with Gasteiger partial charge in [0, 0.05) is 40.7 Å². The van der Waals surface area contributed by atoms with E-state index < -0.39 is 0 Å². The second kappa shape index (κ2) is 9.09. The van der Waals surface area contributed by atoms with Crippen LogP contribution in [0.1, 0.15) is 41.9 Å². The van der Waals surface area contributed by atoms with Gasteiger partial charge in [-0.3, -0.25) is 9.59 Å². The molecule has 1 heterocycles. The minimum Gasteiger partial charge on any atom is -0.349 e. The van der Waals surface area contributed by atoms with Crippen molar-refractivity contribution < 1.29 is 14.1 Å². The van der Waals surface area contributed by atoms with Crippen LogP contribution in [0.25, 0.3) is 11.4 Å². The first-order valence-electron chi connectivity index (χ1n) is 9.86. The number of benzene rings is 2. The number of anilines is 1. The van der Waals surface area contributed by atoms with E-state index in [0.29, 0.717) is 53.3 Å². The van der Waals surface area contributed by atoms with Gasteiger partial charge in [0.25, 0.3) is 5.91 Å². The van der Waals surface area contributed by atoms with Gasteiger partial charge < -0.3 is 15.2 Å². The van der Waals surface area contributed by atoms with E-state index in [1.807, 2.05) is 12.1 Å². The summed E-state index contributed by atoms with van der Waals surface area (Å²) in [5, 5.41) is 10.4. The number of carbonyl (C=O) groups excluding carboxylic acids is 2. The molecule has 1 aromatic heterocycles. The third-order valence-electron chi connectivity index (χ3n) is 4.69. The van der Waals surface area contributed by atoms with Crippen molar-refractivity contribution >= 4 is 29.1 Å². The molecule has 7 nitrogen and oxygen atoms in total. The maximum Gasteiger partial charge on any atom is 0.251 e. The Balaban J connectivity index is 1.25. The number of aromatic nitrogens is 2. The molecule has 3 aromatic rings. The molecule has 8 heteroatoms. The van der Waals surface area contributed by atoms with Crippen LogP contribution in [-0.2, 0) is 11.2 Å². The van der Waals surface area contributed by atoms with Gasteiger partial charge in [0.05, 0.1) is 0 Å². The monoisotopic (exact) mass is 424 g/mol. The van der Waals surface area contributed by atoms with Crippen molar-refractivity contribution in [2.75, 3.05) is 5.32 Å². The predicted octanol–water partition coefficient (Wildman–Crippen LogP) is 4.24. The Bertz CT molecular complexity index is 1040. The van der Waals surface area contributed by atoms with E-state index in [1.54, 1.807) is 36.4 Å². The first-order chi connectivity index (χ1) is 14.6. The zero-order valence-corrected chi connectivity index (χ0v) is 17.0. The summed E-state index contributed by atoms with van der Waals surface area (Å²) in [6, 6.07) is 14.4. The SMILES string of the molecule is O=C(CCCc1nc(-c2ccc(Cl)cc2)no1)Nc1cccc(C(=O)NC2CC2)c1. The molecule has 4 rings (SSSR count). The number of hydrogen-bond donors (Lipinski definition) is 2. The average molecular weight is 425 g/mol. The number of carbonyl (C=O) groups is 2. The van der Waals surface area contributed by atoms with Crippen molar-refractivity contribution in [3.8, 4) is 11.4 Å². The molecular formula is C22H21ClN4O3. The van der Waals surface area contributed by atoms with Gasteiger partial charge in [-0.1, -0.05) is 22.8 Å². The molecule has 1 aliphatic carbocycles. The van der Waals surface area contributed by atoms with Gasteiger partial charge in [-0.15, -0.1) is 0 Å². The molecule has 1 saturated carbocycles. The minimum atomic E-state index is -0.132. The number of nitrogens with zero attached hydrogens (tertiary/aromatic N) is 2. The fourth-order valence-corrected chi connectivity index (χ4v) is 3.06. The molecule has 154 valence electrons. The van der Waals surface area contributed by atoms with Crippen LogP contribution < -0.4 is 10.6 Å². The van der Waals surface area contributed by atoms with Gasteiger partial charge in [0.2, 0.25) is 17.6 Å². The van der Waals surface area contributed by atoms with Gasteiger partial charge >= 0.3 is 0 Å². The van der Waals surface area contributed by atoms with E-state index in [4.69, 9.17) is 16.1 Å². The first kappa shape index (κ1) is 20.1. The minimum absolute atomic E-state index is 0.110. The number of amides is 2. The molecule has 30 heavy (non-hydrogen) atoms. The third kappa shape index (κ3) is 5.45. The van der Waals surface area contributed by atoms with Crippen LogP contribution in [0.5, 0.6) is 0 Å². The van der Waals surface area contributed by atoms with Gasteiger partial charge in [-0.25, -0.2) is 0 Å². The Labute approximate surface area is 178 Å². The molecule has 0 aliphatic heterocycles. The molecule has 1 aliphatic rings. The molecule has 0 spiro atoms. The number of halogens is 1. The molecule has 1 fully saturated rings. The summed E-state index contributed by atoms with van der Waals surface area (Å²) >= 11 is 5.88. The van der Waals surface area contributed by atoms with Crippen molar-refractivity contribution in [2.45, 2.75) is 38.1 Å². The van der Waals surface area contributed by atoms with Gasteiger partial charge in [0.1, 0.15) is 0 Å². The second-order valence-corrected chi connectivity index (χ2v) is 7.69. The topological polar surface area (TPSA) is 97.1 Å². The van der Waals surface area contributed by atoms with Crippen molar-refractivity contribution in [3.63, 3.8) is 0 Å². The Morgan fingerprint density at radius 1 is 1.13 bits per heavy atom. The number of nitrogens with one attached hydrogen (secondary N) is 2. The summed E-state index contributed by atoms with van der Waals surface area (Å²) < 4.78 is 5.26. The average Bonchev–Trinajstić information content (AvgIpc) is 3.43. The lowest BCUT2D eigenvalue weighted by Crippen LogP contribution is -2.25. The second-order valence-electron chi connectivity index (χ2n) is 7.25. The number of rotatable bonds is 8. The fraction of sp³-hybridized carbons (Fsp3) is 0.273. The van der Waals surface area contributed by atoms with Gasteiger partial charge in [0.15, 0.2) is 0 Å². The normalized spacial score (nSPS) is 13.1. The molecule has 2 N–H and O–H groups in total. The van der Waals surface area contributed by atoms with Crippen LogP contribution >= 0.6 is 11.6 Å². The summed E-state index contributed by atoms with van der Waals surface area (Å²) in [6.45, 7) is 0. The fourth-order valence-electron chi connectivity index (χ4n) is 2.93. The lowest BCUT2D eigenvalue weighted by atomic mass is 10.1. The summed E-state index contributed by atoms with van der Waals surface area (Å²) in [6.07, 6.45) is 3.43. The molecular weight excluding hydrogens is 404 g/mol. The van der Waals surface area contributed by atoms with Crippen LogP contribution in [0.2, 0.25) is 5.02 Å². The van der Waals surface area contributed by atoms with Crippen LogP contribution in [0.15, 0.2) is 53.1 Å². The summed E-state index contributed by atoms with van der Waals surface area (Å²) in [5.74, 6) is 0.729. The van der Waals surface area contributed by atoms with Crippen molar-refractivity contribution in [1.82, 2.24) is 15.5 Å². The molecule has 2 aromatic carbocycles. The summed E-state index contributed by atoms with van der Waals surface area (Å²) in [4.78, 5) is 28.7. The van der Waals surface area contributed by atoms with Crippen molar-refractivity contribution in [1.29, 1.82) is 0 Å². The first-order valence-corrected chi connectivity index (χ1v) is 10.2. The van der Waals surface area contributed by atoms with Crippen molar-refractivity contribution in [2.24, 2.45) is 0 Å². The highest BCUT2D eigenvalue weighted by Crippen LogP contribution is 2.21. The molecule has 0 unspecified atom stereocenters. The smallest absolute Gasteiger partial charge is 0.251 e. The molecule has 2 amide bonds. The van der Waals surface area contributed by atoms with Crippen LogP contribution in [-0.4, -0.2) is 28.0 Å². The Morgan fingerprint density at radius 2 is 1.93 bits per heavy atom. The molecule has 0 saturated heterocycles. The molecule has 0 bridgehead atoms. The van der Waals surface area contributed by atoms with E-state index in [9.17, 15) is 9.59 Å². The highest BCUT2D eigenvalue weighted by atomic mass is 35.5. The maximum atomic E-state index is 12.2. The van der Waals surface area contributed by atoms with E-state index >= 15 is 0 Å². The lowest BCUT2D eigenvalue weighted by Gasteiger charge is -2.07. The molecule has 0 radical (unpaired) electrons. The maximum absolute atomic E-state index is 12.2. The number of hydrogen-bond acceptors (Lipinski definition) is 5. The van der Waals surface area contributed by atoms with Gasteiger partial charge in [-0.05, 0) is 61.7 Å². The Hall–Kier alpha value is -3.19. The van der Waals surface area contributed by atoms with E-state index in [-0.39, 0.29) is 11.8 Å². The van der Waals surface area contributed by atoms with Crippen molar-refractivity contribution in [3.05, 3.63) is 65.0 Å². The lowest BCUT2D eigenvalue weighted by molar-refractivity contribution is -0.116. The van der Waals surface area contributed by atoms with Crippen LogP contribution in [0.3, 0.4) is 0 Å². The zero-order chi connectivity index (χ0) is 20.9. The predicted molar refractivity (Wildman–Crippen MR) is 113 cm³/mol. The van der Waals surface area contributed by atoms with E-state index in [0.717, 1.165) is 18.4 Å². The largest absolute Gasteiger partial charge is 0.349 e. The Kier molecular flexibility index (Phi) is 6.09. The quantitative estimate of drug-likeness (QED) is 0.563. The van der Waals surface area contributed by atoms with E-state index in [2.05, 4.69) is 20.8 Å². The van der Waals surface area contributed by atoms with Crippen LogP contribution in [0.4, 0.5) is 5.69 Å². The summed E-state index contributed by atoms with van der Waals surface area (Å²) in [7, 11) is 0. The molecule has 0 atom stereocenters. The third-order valence-corrected chi connectivity index (χ3v) is 4.94. The van der Waals surface area contributed by atoms with Crippen LogP contribution in [0, 0.1) is 0 Å². The number of aryl methyl sites for hydroxylation is 1. The van der Waals surface area contributed by atoms with E-state index in [1.165, 1.54) is 0 Å². The zero-order valence-electron chi connectivity index (χ0n) is 16.2. The highest BCUT2D eigenvalue weighted by molar-refractivity contribution is 6.30. The Morgan fingerprint density at radius 3 is 2.70 bits per heavy atom.